The van der Waals surface area contributed by atoms with Gasteiger partial charge in [-0.25, -0.2) is 0 Å². The van der Waals surface area contributed by atoms with Crippen molar-refractivity contribution in [3.8, 4) is 0 Å². The molecule has 0 aliphatic carbocycles. The molecule has 5 heteroatoms. The predicted molar refractivity (Wildman–Crippen MR) is 111 cm³/mol. The van der Waals surface area contributed by atoms with Crippen LogP contribution in [0.15, 0.2) is 66.4 Å². The van der Waals surface area contributed by atoms with Gasteiger partial charge in [0.25, 0.3) is 5.69 Å². The number of hydrogen-bond acceptors (Lipinski definition) is 4. The summed E-state index contributed by atoms with van der Waals surface area (Å²) >= 11 is 0. The maximum atomic E-state index is 12.3. The number of nitro benzene ring substituents is 1. The highest BCUT2D eigenvalue weighted by Gasteiger charge is 2.12. The number of carbonyl (C=O) groups excluding carboxylic acids is 1. The van der Waals surface area contributed by atoms with Crippen LogP contribution in [-0.2, 0) is 6.42 Å². The predicted octanol–water partition coefficient (Wildman–Crippen LogP) is 5.03. The van der Waals surface area contributed by atoms with Crippen LogP contribution in [0.1, 0.15) is 41.3 Å². The van der Waals surface area contributed by atoms with Gasteiger partial charge in [0.05, 0.1) is 4.92 Å². The van der Waals surface area contributed by atoms with Gasteiger partial charge in [-0.15, -0.1) is 0 Å². The summed E-state index contributed by atoms with van der Waals surface area (Å²) in [7, 11) is 0. The molecule has 1 aliphatic heterocycles. The number of non-ortho nitro benzene ring substituents is 1. The number of allylic oxidation sites excluding steroid dienone is 1. The van der Waals surface area contributed by atoms with Crippen LogP contribution in [0.5, 0.6) is 0 Å². The van der Waals surface area contributed by atoms with Gasteiger partial charge in [-0.1, -0.05) is 42.8 Å². The lowest BCUT2D eigenvalue weighted by Gasteiger charge is -2.27. The van der Waals surface area contributed by atoms with Crippen molar-refractivity contribution in [3.63, 3.8) is 0 Å². The van der Waals surface area contributed by atoms with Gasteiger partial charge in [-0.05, 0) is 42.5 Å². The number of likely N-dealkylation sites (tertiary alicyclic amines) is 1. The molecule has 0 saturated carbocycles. The van der Waals surface area contributed by atoms with Gasteiger partial charge in [0.2, 0.25) is 0 Å². The minimum absolute atomic E-state index is 0.0230. The van der Waals surface area contributed by atoms with Crippen LogP contribution in [0, 0.1) is 10.1 Å². The van der Waals surface area contributed by atoms with Gasteiger partial charge in [0.1, 0.15) is 0 Å². The van der Waals surface area contributed by atoms with E-state index in [9.17, 15) is 14.9 Å². The van der Waals surface area contributed by atoms with Gasteiger partial charge in [0.15, 0.2) is 5.78 Å². The molecule has 2 aromatic rings. The van der Waals surface area contributed by atoms with E-state index in [-0.39, 0.29) is 16.4 Å². The second kappa shape index (κ2) is 9.13. The van der Waals surface area contributed by atoms with Crippen molar-refractivity contribution >= 4 is 17.5 Å². The van der Waals surface area contributed by atoms with Crippen LogP contribution in [0.4, 0.5) is 5.69 Å². The van der Waals surface area contributed by atoms with Gasteiger partial charge < -0.3 is 4.90 Å². The SMILES string of the molecule is CCc1ccc(C(=O)C=CN2CCC(=Cc3ccc([N+](=O)[O-])cc3)CC2)cc1. The number of aryl methyl sites for hydroxylation is 1. The first-order chi connectivity index (χ1) is 13.5. The normalized spacial score (nSPS) is 14.3. The summed E-state index contributed by atoms with van der Waals surface area (Å²) in [5.41, 5.74) is 4.35. The number of piperidine rings is 1. The summed E-state index contributed by atoms with van der Waals surface area (Å²) < 4.78 is 0. The zero-order valence-electron chi connectivity index (χ0n) is 16.0. The molecule has 0 unspecified atom stereocenters. The lowest BCUT2D eigenvalue weighted by Crippen LogP contribution is -2.25. The highest BCUT2D eigenvalue weighted by atomic mass is 16.6. The molecule has 0 atom stereocenters. The van der Waals surface area contributed by atoms with E-state index in [1.54, 1.807) is 18.2 Å². The first kappa shape index (κ1) is 19.5. The molecule has 0 amide bonds. The average molecular weight is 376 g/mol. The molecule has 0 bridgehead atoms. The molecule has 1 heterocycles. The van der Waals surface area contributed by atoms with E-state index in [0.29, 0.717) is 5.56 Å². The third kappa shape index (κ3) is 5.16. The molecule has 144 valence electrons. The maximum absolute atomic E-state index is 12.3. The molecule has 0 spiro atoms. The first-order valence-corrected chi connectivity index (χ1v) is 9.54. The van der Waals surface area contributed by atoms with E-state index in [1.807, 2.05) is 30.5 Å². The van der Waals surface area contributed by atoms with Crippen molar-refractivity contribution in [1.82, 2.24) is 4.90 Å². The Morgan fingerprint density at radius 1 is 1.07 bits per heavy atom. The number of nitro groups is 1. The highest BCUT2D eigenvalue weighted by Crippen LogP contribution is 2.21. The molecule has 5 nitrogen and oxygen atoms in total. The summed E-state index contributed by atoms with van der Waals surface area (Å²) in [6.07, 6.45) is 8.44. The molecule has 3 rings (SSSR count). The number of nitrogens with zero attached hydrogens (tertiary/aromatic N) is 2. The van der Waals surface area contributed by atoms with Crippen molar-refractivity contribution in [3.05, 3.63) is 93.2 Å². The topological polar surface area (TPSA) is 63.5 Å². The molecule has 1 aliphatic rings. The average Bonchev–Trinajstić information content (AvgIpc) is 2.73. The maximum Gasteiger partial charge on any atom is 0.269 e. The van der Waals surface area contributed by atoms with Gasteiger partial charge in [0, 0.05) is 43.1 Å². The van der Waals surface area contributed by atoms with E-state index < -0.39 is 0 Å². The number of ketones is 1. The fourth-order valence-electron chi connectivity index (χ4n) is 3.21. The Morgan fingerprint density at radius 3 is 2.29 bits per heavy atom. The van der Waals surface area contributed by atoms with Crippen molar-refractivity contribution in [1.29, 1.82) is 0 Å². The summed E-state index contributed by atoms with van der Waals surface area (Å²) in [5, 5.41) is 10.7. The Bertz CT molecular complexity index is 886. The molecule has 1 fully saturated rings. The molecule has 2 aromatic carbocycles. The third-order valence-corrected chi connectivity index (χ3v) is 5.00. The van der Waals surface area contributed by atoms with E-state index >= 15 is 0 Å². The fourth-order valence-corrected chi connectivity index (χ4v) is 3.21. The van der Waals surface area contributed by atoms with Gasteiger partial charge in [-0.3, -0.25) is 14.9 Å². The number of hydrogen-bond donors (Lipinski definition) is 0. The van der Waals surface area contributed by atoms with Gasteiger partial charge >= 0.3 is 0 Å². The molecule has 1 saturated heterocycles. The quantitative estimate of drug-likeness (QED) is 0.307. The summed E-state index contributed by atoms with van der Waals surface area (Å²) in [4.78, 5) is 24.8. The monoisotopic (exact) mass is 376 g/mol. The fraction of sp³-hybridized carbons (Fsp3) is 0.261. The molecule has 28 heavy (non-hydrogen) atoms. The zero-order valence-corrected chi connectivity index (χ0v) is 16.0. The molecule has 0 radical (unpaired) electrons. The first-order valence-electron chi connectivity index (χ1n) is 9.54. The second-order valence-electron chi connectivity index (χ2n) is 6.92. The van der Waals surface area contributed by atoms with E-state index in [4.69, 9.17) is 0 Å². The molecular weight excluding hydrogens is 352 g/mol. The Labute approximate surface area is 165 Å². The standard InChI is InChI=1S/C23H24N2O3/c1-2-18-3-7-21(8-4-18)23(26)13-16-24-14-11-20(12-15-24)17-19-5-9-22(10-6-19)25(27)28/h3-10,13,16-17H,2,11-12,14-15H2,1H3. The Morgan fingerprint density at radius 2 is 1.71 bits per heavy atom. The lowest BCUT2D eigenvalue weighted by molar-refractivity contribution is -0.384. The largest absolute Gasteiger partial charge is 0.377 e. The Balaban J connectivity index is 1.53. The minimum atomic E-state index is -0.388. The third-order valence-electron chi connectivity index (χ3n) is 5.00. The number of rotatable bonds is 6. The van der Waals surface area contributed by atoms with E-state index in [1.165, 1.54) is 23.3 Å². The van der Waals surface area contributed by atoms with Crippen molar-refractivity contribution in [2.45, 2.75) is 26.2 Å². The van der Waals surface area contributed by atoms with Gasteiger partial charge in [-0.2, -0.15) is 0 Å². The van der Waals surface area contributed by atoms with Crippen LogP contribution < -0.4 is 0 Å². The molecule has 0 aromatic heterocycles. The number of carbonyl (C=O) groups is 1. The summed E-state index contributed by atoms with van der Waals surface area (Å²) in [6, 6.07) is 14.4. The lowest BCUT2D eigenvalue weighted by atomic mass is 10.0. The minimum Gasteiger partial charge on any atom is -0.377 e. The zero-order chi connectivity index (χ0) is 19.9. The van der Waals surface area contributed by atoms with Crippen molar-refractivity contribution in [2.75, 3.05) is 13.1 Å². The Hall–Kier alpha value is -3.21. The summed E-state index contributed by atoms with van der Waals surface area (Å²) in [5.74, 6) is 0.0230. The second-order valence-corrected chi connectivity index (χ2v) is 6.92. The Kier molecular flexibility index (Phi) is 6.37. The molecular formula is C23H24N2O3. The van der Waals surface area contributed by atoms with Crippen LogP contribution in [-0.4, -0.2) is 28.7 Å². The molecule has 0 N–H and O–H groups in total. The van der Waals surface area contributed by atoms with Crippen molar-refractivity contribution < 1.29 is 9.72 Å². The van der Waals surface area contributed by atoms with Crippen LogP contribution >= 0.6 is 0 Å². The van der Waals surface area contributed by atoms with E-state index in [0.717, 1.165) is 37.9 Å². The van der Waals surface area contributed by atoms with Crippen molar-refractivity contribution in [2.24, 2.45) is 0 Å². The number of benzene rings is 2. The highest BCUT2D eigenvalue weighted by molar-refractivity contribution is 6.04. The van der Waals surface area contributed by atoms with Crippen LogP contribution in [0.2, 0.25) is 0 Å². The smallest absolute Gasteiger partial charge is 0.269 e. The van der Waals surface area contributed by atoms with Crippen LogP contribution in [0.25, 0.3) is 6.08 Å². The van der Waals surface area contributed by atoms with E-state index in [2.05, 4.69) is 17.9 Å². The van der Waals surface area contributed by atoms with Crippen LogP contribution in [0.3, 0.4) is 0 Å². The summed E-state index contributed by atoms with van der Waals surface area (Å²) in [6.45, 7) is 3.81.